The number of benzene rings is 1. The van der Waals surface area contributed by atoms with Gasteiger partial charge >= 0.3 is 0 Å². The van der Waals surface area contributed by atoms with Crippen molar-refractivity contribution in [2.45, 2.75) is 57.0 Å². The van der Waals surface area contributed by atoms with Crippen molar-refractivity contribution in [1.82, 2.24) is 19.4 Å². The quantitative estimate of drug-likeness (QED) is 0.536. The van der Waals surface area contributed by atoms with E-state index < -0.39 is 23.8 Å². The Kier molecular flexibility index (Phi) is 6.06. The predicted octanol–water partition coefficient (Wildman–Crippen LogP) is 5.19. The Morgan fingerprint density at radius 3 is 2.62 bits per heavy atom. The first kappa shape index (κ1) is 22.8. The van der Waals surface area contributed by atoms with E-state index in [1.807, 2.05) is 6.07 Å². The lowest BCUT2D eigenvalue weighted by atomic mass is 9.91. The summed E-state index contributed by atoms with van der Waals surface area (Å²) in [5, 5.41) is 3.88. The van der Waals surface area contributed by atoms with E-state index in [2.05, 4.69) is 27.2 Å². The molecule has 180 valence electrons. The third-order valence-corrected chi connectivity index (χ3v) is 6.95. The molecule has 6 nitrogen and oxygen atoms in total. The minimum Gasteiger partial charge on any atom is -0.363 e. The van der Waals surface area contributed by atoms with Crippen molar-refractivity contribution in [2.75, 3.05) is 25.5 Å². The van der Waals surface area contributed by atoms with Gasteiger partial charge in [0.25, 0.3) is 12.0 Å². The molecular formula is C25H28F3N5O. The molecule has 1 N–H and O–H groups in total. The standard InChI is InChI=1S/C25H28F3N5O/c1-14(17-6-3-7-18(21(17)26)22(27)28)31-23-20-11-19(15-5-4-10-32(2)12-15)25(34)33(16-8-9-16)24(20)30-13-29-23/h3,6-7,11,13-16,22H,4-5,8-10,12H2,1-2H3,(H,29,30,31)/t14-,15?/m1/s1. The normalized spacial score (nSPS) is 20.1. The van der Waals surface area contributed by atoms with Crippen LogP contribution < -0.4 is 10.9 Å². The van der Waals surface area contributed by atoms with Gasteiger partial charge in [-0.25, -0.2) is 23.1 Å². The molecule has 0 bridgehead atoms. The van der Waals surface area contributed by atoms with Crippen molar-refractivity contribution in [3.8, 4) is 0 Å². The smallest absolute Gasteiger partial charge is 0.266 e. The van der Waals surface area contributed by atoms with Crippen LogP contribution in [0.3, 0.4) is 0 Å². The molecule has 1 aliphatic heterocycles. The lowest BCUT2D eigenvalue weighted by molar-refractivity contribution is 0.146. The molecular weight excluding hydrogens is 443 g/mol. The highest BCUT2D eigenvalue weighted by molar-refractivity contribution is 5.87. The van der Waals surface area contributed by atoms with E-state index in [0.29, 0.717) is 16.9 Å². The first-order chi connectivity index (χ1) is 16.3. The highest BCUT2D eigenvalue weighted by atomic mass is 19.3. The molecule has 3 heterocycles. The van der Waals surface area contributed by atoms with Crippen molar-refractivity contribution < 1.29 is 13.2 Å². The molecule has 1 aromatic carbocycles. The van der Waals surface area contributed by atoms with Crippen LogP contribution in [-0.2, 0) is 0 Å². The number of piperidine rings is 1. The first-order valence-electron chi connectivity index (χ1n) is 11.8. The average molecular weight is 472 g/mol. The van der Waals surface area contributed by atoms with Crippen LogP contribution in [0.1, 0.15) is 73.7 Å². The van der Waals surface area contributed by atoms with Gasteiger partial charge in [-0.15, -0.1) is 0 Å². The Hall–Kier alpha value is -2.94. The zero-order chi connectivity index (χ0) is 24.0. The molecule has 2 aliphatic rings. The number of hydrogen-bond donors (Lipinski definition) is 1. The minimum absolute atomic E-state index is 0.00341. The zero-order valence-corrected chi connectivity index (χ0v) is 19.3. The van der Waals surface area contributed by atoms with Crippen molar-refractivity contribution in [3.63, 3.8) is 0 Å². The van der Waals surface area contributed by atoms with Gasteiger partial charge in [0.15, 0.2) is 0 Å². The largest absolute Gasteiger partial charge is 0.363 e. The van der Waals surface area contributed by atoms with Crippen LogP contribution in [0, 0.1) is 5.82 Å². The van der Waals surface area contributed by atoms with Crippen molar-refractivity contribution in [1.29, 1.82) is 0 Å². The zero-order valence-electron chi connectivity index (χ0n) is 19.3. The lowest BCUT2D eigenvalue weighted by Gasteiger charge is -2.30. The molecule has 5 rings (SSSR count). The van der Waals surface area contributed by atoms with E-state index in [4.69, 9.17) is 0 Å². The van der Waals surface area contributed by atoms with Crippen molar-refractivity contribution in [2.24, 2.45) is 0 Å². The Labute approximate surface area is 195 Å². The van der Waals surface area contributed by atoms with Gasteiger partial charge in [-0.05, 0) is 52.3 Å². The van der Waals surface area contributed by atoms with Gasteiger partial charge in [0.1, 0.15) is 23.6 Å². The van der Waals surface area contributed by atoms with Crippen molar-refractivity contribution in [3.05, 3.63) is 63.5 Å². The molecule has 2 atom stereocenters. The minimum atomic E-state index is -2.89. The number of likely N-dealkylation sites (tertiary alicyclic amines) is 1. The number of nitrogens with one attached hydrogen (secondary N) is 1. The average Bonchev–Trinajstić information content (AvgIpc) is 3.64. The second kappa shape index (κ2) is 9.02. The summed E-state index contributed by atoms with van der Waals surface area (Å²) in [5.74, 6) is -0.345. The van der Waals surface area contributed by atoms with E-state index >= 15 is 0 Å². The fraction of sp³-hybridized carbons (Fsp3) is 0.480. The molecule has 0 radical (unpaired) electrons. The summed E-state index contributed by atoms with van der Waals surface area (Å²) in [6.07, 6.45) is 2.31. The molecule has 1 saturated heterocycles. The van der Waals surface area contributed by atoms with Gasteiger partial charge in [-0.3, -0.25) is 9.36 Å². The van der Waals surface area contributed by atoms with E-state index in [1.54, 1.807) is 11.5 Å². The van der Waals surface area contributed by atoms with E-state index in [0.717, 1.165) is 50.4 Å². The number of alkyl halides is 2. The van der Waals surface area contributed by atoms with Gasteiger partial charge in [0.2, 0.25) is 0 Å². The van der Waals surface area contributed by atoms with Crippen LogP contribution >= 0.6 is 0 Å². The lowest BCUT2D eigenvalue weighted by Crippen LogP contribution is -2.35. The number of hydrogen-bond acceptors (Lipinski definition) is 5. The maximum atomic E-state index is 14.8. The van der Waals surface area contributed by atoms with Gasteiger partial charge in [0, 0.05) is 29.6 Å². The summed E-state index contributed by atoms with van der Waals surface area (Å²) >= 11 is 0. The molecule has 2 fully saturated rings. The fourth-order valence-electron chi connectivity index (χ4n) is 5.02. The van der Waals surface area contributed by atoms with Gasteiger partial charge in [-0.2, -0.15) is 0 Å². The summed E-state index contributed by atoms with van der Waals surface area (Å²) in [7, 11) is 2.06. The molecule has 34 heavy (non-hydrogen) atoms. The molecule has 9 heteroatoms. The van der Waals surface area contributed by atoms with Crippen LogP contribution in [0.5, 0.6) is 0 Å². The SMILES string of the molecule is C[C@@H](Nc1ncnc2c1cc(C1CCCN(C)C1)c(=O)n2C1CC1)c1cccc(C(F)F)c1F. The second-order valence-electron chi connectivity index (χ2n) is 9.48. The molecule has 3 aromatic rings. The maximum Gasteiger partial charge on any atom is 0.266 e. The number of nitrogens with zero attached hydrogens (tertiary/aromatic N) is 4. The molecule has 1 saturated carbocycles. The maximum absolute atomic E-state index is 14.8. The van der Waals surface area contributed by atoms with Gasteiger partial charge in [-0.1, -0.05) is 18.2 Å². The van der Waals surface area contributed by atoms with Crippen LogP contribution in [0.2, 0.25) is 0 Å². The third-order valence-electron chi connectivity index (χ3n) is 6.95. The summed E-state index contributed by atoms with van der Waals surface area (Å²) in [6.45, 7) is 3.52. The Bertz CT molecular complexity index is 1270. The first-order valence-corrected chi connectivity index (χ1v) is 11.8. The molecule has 0 amide bonds. The number of pyridine rings is 1. The highest BCUT2D eigenvalue weighted by Crippen LogP contribution is 2.38. The fourth-order valence-corrected chi connectivity index (χ4v) is 5.02. The topological polar surface area (TPSA) is 63.1 Å². The highest BCUT2D eigenvalue weighted by Gasteiger charge is 2.31. The van der Waals surface area contributed by atoms with E-state index in [9.17, 15) is 18.0 Å². The summed E-state index contributed by atoms with van der Waals surface area (Å²) in [6, 6.07) is 5.39. The Morgan fingerprint density at radius 1 is 1.15 bits per heavy atom. The van der Waals surface area contributed by atoms with Crippen LogP contribution in [-0.4, -0.2) is 39.6 Å². The van der Waals surface area contributed by atoms with E-state index in [1.165, 1.54) is 18.5 Å². The number of aromatic nitrogens is 3. The second-order valence-corrected chi connectivity index (χ2v) is 9.48. The predicted molar refractivity (Wildman–Crippen MR) is 125 cm³/mol. The molecule has 0 spiro atoms. The number of anilines is 1. The number of likely N-dealkylation sites (N-methyl/N-ethyl adjacent to an activating group) is 1. The molecule has 1 unspecified atom stereocenters. The monoisotopic (exact) mass is 471 g/mol. The molecule has 2 aromatic heterocycles. The summed E-state index contributed by atoms with van der Waals surface area (Å²) in [4.78, 5) is 24.6. The summed E-state index contributed by atoms with van der Waals surface area (Å²) in [5.41, 5.74) is 0.817. The van der Waals surface area contributed by atoms with Crippen molar-refractivity contribution >= 4 is 16.9 Å². The summed E-state index contributed by atoms with van der Waals surface area (Å²) < 4.78 is 43.0. The number of fused-ring (bicyclic) bond motifs is 1. The number of halogens is 3. The Morgan fingerprint density at radius 2 is 1.91 bits per heavy atom. The van der Waals surface area contributed by atoms with Crippen LogP contribution in [0.15, 0.2) is 35.4 Å². The van der Waals surface area contributed by atoms with Gasteiger partial charge in [0.05, 0.1) is 17.0 Å². The van der Waals surface area contributed by atoms with Crippen LogP contribution in [0.25, 0.3) is 11.0 Å². The number of rotatable bonds is 6. The van der Waals surface area contributed by atoms with Gasteiger partial charge < -0.3 is 10.2 Å². The Balaban J connectivity index is 1.59. The molecule has 1 aliphatic carbocycles. The van der Waals surface area contributed by atoms with Crippen LogP contribution in [0.4, 0.5) is 19.0 Å². The van der Waals surface area contributed by atoms with E-state index in [-0.39, 0.29) is 23.1 Å². The third kappa shape index (κ3) is 4.17.